The van der Waals surface area contributed by atoms with Crippen LogP contribution in [0.15, 0.2) is 33.6 Å². The van der Waals surface area contributed by atoms with E-state index in [-0.39, 0.29) is 11.8 Å². The molecule has 1 aromatic carbocycles. The van der Waals surface area contributed by atoms with Crippen molar-refractivity contribution < 1.29 is 17.9 Å². The van der Waals surface area contributed by atoms with E-state index in [2.05, 4.69) is 20.8 Å². The van der Waals surface area contributed by atoms with Gasteiger partial charge in [0.25, 0.3) is 0 Å². The third kappa shape index (κ3) is 3.96. The van der Waals surface area contributed by atoms with E-state index in [0.29, 0.717) is 18.1 Å². The number of rotatable bonds is 4. The van der Waals surface area contributed by atoms with E-state index in [1.54, 1.807) is 24.3 Å². The Kier molecular flexibility index (Phi) is 5.13. The van der Waals surface area contributed by atoms with Crippen molar-refractivity contribution in [1.29, 1.82) is 0 Å². The zero-order valence-corrected chi connectivity index (χ0v) is 15.6. The Hall–Kier alpha value is -0.470. The Labute approximate surface area is 146 Å². The third-order valence-corrected chi connectivity index (χ3v) is 7.07. The fourth-order valence-corrected chi connectivity index (χ4v) is 5.11. The van der Waals surface area contributed by atoms with Crippen molar-refractivity contribution in [3.05, 3.63) is 28.7 Å². The van der Waals surface area contributed by atoms with Gasteiger partial charge in [0.1, 0.15) is 0 Å². The molecule has 23 heavy (non-hydrogen) atoms. The second-order valence-corrected chi connectivity index (χ2v) is 9.18. The number of nitrogens with zero attached hydrogens (tertiary/aromatic N) is 1. The molecule has 0 radical (unpaired) electrons. The van der Waals surface area contributed by atoms with Gasteiger partial charge in [-0.15, -0.1) is 0 Å². The first kappa shape index (κ1) is 17.4. The number of hydrogen-bond acceptors (Lipinski definition) is 5. The summed E-state index contributed by atoms with van der Waals surface area (Å²) in [5.41, 5.74) is 0. The number of ether oxygens (including phenoxy) is 2. The number of benzene rings is 1. The van der Waals surface area contributed by atoms with Gasteiger partial charge in [0, 0.05) is 36.4 Å². The van der Waals surface area contributed by atoms with Crippen molar-refractivity contribution in [2.75, 3.05) is 32.1 Å². The largest absolute Gasteiger partial charge is 0.347 e. The molecule has 0 saturated carbocycles. The van der Waals surface area contributed by atoms with E-state index in [4.69, 9.17) is 9.47 Å². The quantitative estimate of drug-likeness (QED) is 0.772. The third-order valence-electron chi connectivity index (χ3n) is 4.63. The molecular weight excluding hydrogens is 382 g/mol. The van der Waals surface area contributed by atoms with Crippen LogP contribution in [-0.4, -0.2) is 57.2 Å². The Morgan fingerprint density at radius 1 is 1.17 bits per heavy atom. The maximum absolute atomic E-state index is 12.6. The molecule has 5 nitrogen and oxygen atoms in total. The van der Waals surface area contributed by atoms with Crippen molar-refractivity contribution >= 4 is 25.8 Å². The van der Waals surface area contributed by atoms with E-state index in [1.165, 1.54) is 0 Å². The smallest absolute Gasteiger partial charge is 0.179 e. The molecule has 0 unspecified atom stereocenters. The second kappa shape index (κ2) is 6.80. The summed E-state index contributed by atoms with van der Waals surface area (Å²) in [5, 5.41) is 0. The zero-order chi connectivity index (χ0) is 16.5. The first-order valence-electron chi connectivity index (χ1n) is 7.91. The molecule has 1 atom stereocenters. The minimum absolute atomic E-state index is 0.0256. The number of sulfone groups is 1. The highest BCUT2D eigenvalue weighted by molar-refractivity contribution is 9.10. The molecule has 128 valence electrons. The fourth-order valence-electron chi connectivity index (χ4n) is 3.25. The van der Waals surface area contributed by atoms with E-state index < -0.39 is 15.6 Å². The van der Waals surface area contributed by atoms with Gasteiger partial charge in [-0.1, -0.05) is 15.9 Å². The summed E-state index contributed by atoms with van der Waals surface area (Å²) in [6.07, 6.45) is 1.60. The molecule has 7 heteroatoms. The lowest BCUT2D eigenvalue weighted by atomic mass is 10.0. The van der Waals surface area contributed by atoms with E-state index in [1.807, 2.05) is 6.92 Å². The van der Waals surface area contributed by atoms with Crippen LogP contribution >= 0.6 is 15.9 Å². The maximum atomic E-state index is 12.6. The average Bonchev–Trinajstić information content (AvgIpc) is 2.96. The highest BCUT2D eigenvalue weighted by Gasteiger charge is 2.40. The molecule has 0 aliphatic carbocycles. The molecule has 2 fully saturated rings. The van der Waals surface area contributed by atoms with Gasteiger partial charge in [0.15, 0.2) is 15.6 Å². The van der Waals surface area contributed by atoms with Gasteiger partial charge in [-0.25, -0.2) is 8.42 Å². The summed E-state index contributed by atoms with van der Waals surface area (Å²) < 4.78 is 37.4. The summed E-state index contributed by atoms with van der Waals surface area (Å²) in [7, 11) is -3.28. The number of likely N-dealkylation sites (tertiary alicyclic amines) is 1. The SMILES string of the molecule is C[C@@H](CS(=O)(=O)c1ccc(Br)cc1)N1CCC2(CC1)OCCO2. The first-order chi connectivity index (χ1) is 10.9. The molecule has 2 heterocycles. The van der Waals surface area contributed by atoms with Crippen molar-refractivity contribution in [3.63, 3.8) is 0 Å². The molecule has 1 aromatic rings. The van der Waals surface area contributed by atoms with Gasteiger partial charge in [0.2, 0.25) is 0 Å². The van der Waals surface area contributed by atoms with Crippen LogP contribution in [-0.2, 0) is 19.3 Å². The number of halogens is 1. The number of hydrogen-bond donors (Lipinski definition) is 0. The average molecular weight is 404 g/mol. The fraction of sp³-hybridized carbons (Fsp3) is 0.625. The van der Waals surface area contributed by atoms with Crippen LogP contribution in [0.4, 0.5) is 0 Å². The highest BCUT2D eigenvalue weighted by atomic mass is 79.9. The molecule has 2 aliphatic heterocycles. The van der Waals surface area contributed by atoms with Gasteiger partial charge in [0.05, 0.1) is 23.9 Å². The van der Waals surface area contributed by atoms with Gasteiger partial charge in [-0.2, -0.15) is 0 Å². The van der Waals surface area contributed by atoms with Crippen molar-refractivity contribution in [2.45, 2.75) is 36.5 Å². The molecule has 0 aromatic heterocycles. The van der Waals surface area contributed by atoms with E-state index >= 15 is 0 Å². The number of piperidine rings is 1. The lowest BCUT2D eigenvalue weighted by molar-refractivity contribution is -0.187. The first-order valence-corrected chi connectivity index (χ1v) is 10.4. The van der Waals surface area contributed by atoms with Gasteiger partial charge < -0.3 is 9.47 Å². The topological polar surface area (TPSA) is 55.8 Å². The molecule has 2 saturated heterocycles. The summed E-state index contributed by atoms with van der Waals surface area (Å²) in [4.78, 5) is 2.59. The van der Waals surface area contributed by atoms with Crippen molar-refractivity contribution in [1.82, 2.24) is 4.90 Å². The van der Waals surface area contributed by atoms with Gasteiger partial charge >= 0.3 is 0 Å². The minimum Gasteiger partial charge on any atom is -0.347 e. The Balaban J connectivity index is 1.60. The molecule has 3 rings (SSSR count). The summed E-state index contributed by atoms with van der Waals surface area (Å²) in [6.45, 7) is 4.90. The van der Waals surface area contributed by atoms with E-state index in [0.717, 1.165) is 30.4 Å². The Morgan fingerprint density at radius 3 is 2.30 bits per heavy atom. The van der Waals surface area contributed by atoms with Crippen LogP contribution in [0.5, 0.6) is 0 Å². The normalized spacial score (nSPS) is 23.2. The van der Waals surface area contributed by atoms with Crippen LogP contribution < -0.4 is 0 Å². The monoisotopic (exact) mass is 403 g/mol. The summed E-state index contributed by atoms with van der Waals surface area (Å²) in [6, 6.07) is 6.80. The molecule has 0 N–H and O–H groups in total. The van der Waals surface area contributed by atoms with Crippen LogP contribution in [0.2, 0.25) is 0 Å². The molecule has 0 bridgehead atoms. The predicted molar refractivity (Wildman–Crippen MR) is 91.1 cm³/mol. The summed E-state index contributed by atoms with van der Waals surface area (Å²) in [5.74, 6) is -0.288. The van der Waals surface area contributed by atoms with Crippen LogP contribution in [0.3, 0.4) is 0 Å². The maximum Gasteiger partial charge on any atom is 0.179 e. The van der Waals surface area contributed by atoms with Crippen molar-refractivity contribution in [2.24, 2.45) is 0 Å². The lowest BCUT2D eigenvalue weighted by Gasteiger charge is -2.40. The van der Waals surface area contributed by atoms with Crippen LogP contribution in [0.25, 0.3) is 0 Å². The molecule has 1 spiro atoms. The van der Waals surface area contributed by atoms with Gasteiger partial charge in [-0.05, 0) is 31.2 Å². The zero-order valence-electron chi connectivity index (χ0n) is 13.2. The highest BCUT2D eigenvalue weighted by Crippen LogP contribution is 2.32. The van der Waals surface area contributed by atoms with Crippen LogP contribution in [0.1, 0.15) is 19.8 Å². The Bertz CT molecular complexity index is 631. The predicted octanol–water partition coefficient (Wildman–Crippen LogP) is 2.45. The van der Waals surface area contributed by atoms with Gasteiger partial charge in [-0.3, -0.25) is 4.90 Å². The van der Waals surface area contributed by atoms with Crippen molar-refractivity contribution in [3.8, 4) is 0 Å². The minimum atomic E-state index is -3.28. The molecule has 0 amide bonds. The molecule has 2 aliphatic rings. The summed E-state index contributed by atoms with van der Waals surface area (Å²) >= 11 is 3.33. The second-order valence-electron chi connectivity index (χ2n) is 6.23. The Morgan fingerprint density at radius 2 is 1.74 bits per heavy atom. The van der Waals surface area contributed by atoms with Crippen LogP contribution in [0, 0.1) is 0 Å². The standard InChI is InChI=1S/C16H22BrNO4S/c1-13(12-23(19,20)15-4-2-14(17)3-5-15)18-8-6-16(7-9-18)21-10-11-22-16/h2-5,13H,6-12H2,1H3/t13-/m0/s1. The van der Waals surface area contributed by atoms with E-state index in [9.17, 15) is 8.42 Å². The molecular formula is C16H22BrNO4S. The lowest BCUT2D eigenvalue weighted by Crippen LogP contribution is -2.49.